The van der Waals surface area contributed by atoms with E-state index in [9.17, 15) is 9.90 Å². The van der Waals surface area contributed by atoms with Crippen molar-refractivity contribution in [2.24, 2.45) is 0 Å². The number of anilines is 3. The molecule has 0 spiro atoms. The standard InChI is InChI=1S/C20H18N3O3.K/c1-20(2)19(25)23(17-7-6-13(10-21)8-18(17)26-20)15-5-3-4-14(9-15)22-11-16(24)12-22;/h3-9,16H,11-12H2,1-2H3;/q-1;+1. The van der Waals surface area contributed by atoms with Crippen LogP contribution in [0.2, 0.25) is 0 Å². The van der Waals surface area contributed by atoms with E-state index in [4.69, 9.17) is 10.00 Å². The molecule has 0 aromatic heterocycles. The maximum Gasteiger partial charge on any atom is 1.00 e. The minimum absolute atomic E-state index is 0. The molecule has 0 aliphatic carbocycles. The molecule has 7 heteroatoms. The summed E-state index contributed by atoms with van der Waals surface area (Å²) in [6.07, 6.45) is -0.548. The molecule has 0 saturated carbocycles. The van der Waals surface area contributed by atoms with Crippen LogP contribution in [0, 0.1) is 11.3 Å². The minimum Gasteiger partial charge on any atom is -0.849 e. The van der Waals surface area contributed by atoms with Crippen molar-refractivity contribution in [1.29, 1.82) is 5.26 Å². The monoisotopic (exact) mass is 387 g/mol. The zero-order chi connectivity index (χ0) is 18.5. The topological polar surface area (TPSA) is 79.6 Å². The summed E-state index contributed by atoms with van der Waals surface area (Å²) in [6, 6.07) is 14.7. The third-order valence-corrected chi connectivity index (χ3v) is 4.71. The van der Waals surface area contributed by atoms with Gasteiger partial charge in [0.1, 0.15) is 5.75 Å². The van der Waals surface area contributed by atoms with Gasteiger partial charge in [-0.15, -0.1) is 0 Å². The van der Waals surface area contributed by atoms with Gasteiger partial charge in [0.25, 0.3) is 5.91 Å². The predicted octanol–water partition coefficient (Wildman–Crippen LogP) is -1.05. The van der Waals surface area contributed by atoms with Gasteiger partial charge < -0.3 is 14.7 Å². The minimum atomic E-state index is -1.05. The van der Waals surface area contributed by atoms with Crippen LogP contribution in [0.5, 0.6) is 5.75 Å². The number of carbonyl (C=O) groups is 1. The molecule has 0 N–H and O–H groups in total. The van der Waals surface area contributed by atoms with Gasteiger partial charge in [-0.05, 0) is 44.2 Å². The number of benzene rings is 2. The van der Waals surface area contributed by atoms with Crippen LogP contribution in [0.3, 0.4) is 0 Å². The van der Waals surface area contributed by atoms with Gasteiger partial charge in [0.05, 0.1) is 23.0 Å². The molecule has 2 aromatic rings. The number of carbonyl (C=O) groups excluding carboxylic acids is 1. The van der Waals surface area contributed by atoms with Gasteiger partial charge >= 0.3 is 51.4 Å². The number of hydrogen-bond acceptors (Lipinski definition) is 5. The molecule has 27 heavy (non-hydrogen) atoms. The zero-order valence-electron chi connectivity index (χ0n) is 15.6. The molecule has 0 unspecified atom stereocenters. The Hall–Kier alpha value is -1.40. The molecule has 1 fully saturated rings. The SMILES string of the molecule is CC1(C)Oc2cc(C#N)ccc2N(c2cccc(N3CC([O-])C3)c2)C1=O.[K+]. The van der Waals surface area contributed by atoms with Crippen LogP contribution in [0.15, 0.2) is 42.5 Å². The van der Waals surface area contributed by atoms with E-state index >= 15 is 0 Å². The summed E-state index contributed by atoms with van der Waals surface area (Å²) in [6.45, 7) is 4.39. The van der Waals surface area contributed by atoms with E-state index in [0.717, 1.165) is 5.69 Å². The van der Waals surface area contributed by atoms with Crippen LogP contribution < -0.4 is 71.0 Å². The van der Waals surface area contributed by atoms with Crippen LogP contribution >= 0.6 is 0 Å². The van der Waals surface area contributed by atoms with E-state index in [1.165, 1.54) is 0 Å². The number of amides is 1. The Kier molecular flexibility index (Phi) is 5.68. The number of fused-ring (bicyclic) bond motifs is 1. The molecule has 2 aliphatic rings. The van der Waals surface area contributed by atoms with Crippen molar-refractivity contribution in [3.63, 3.8) is 0 Å². The van der Waals surface area contributed by atoms with Gasteiger partial charge in [-0.2, -0.15) is 5.26 Å². The largest absolute Gasteiger partial charge is 1.00 e. The fourth-order valence-corrected chi connectivity index (χ4v) is 3.28. The van der Waals surface area contributed by atoms with Gasteiger partial charge in [-0.3, -0.25) is 9.69 Å². The van der Waals surface area contributed by atoms with Crippen molar-refractivity contribution in [2.45, 2.75) is 25.6 Å². The maximum absolute atomic E-state index is 13.1. The van der Waals surface area contributed by atoms with Gasteiger partial charge in [-0.25, -0.2) is 0 Å². The van der Waals surface area contributed by atoms with E-state index < -0.39 is 11.7 Å². The first-order chi connectivity index (χ1) is 12.4. The van der Waals surface area contributed by atoms with Gasteiger partial charge in [0.15, 0.2) is 5.60 Å². The first-order valence-electron chi connectivity index (χ1n) is 8.47. The summed E-state index contributed by atoms with van der Waals surface area (Å²) in [5.41, 5.74) is 1.67. The van der Waals surface area contributed by atoms with Crippen molar-refractivity contribution in [3.8, 4) is 11.8 Å². The average Bonchev–Trinajstić information content (AvgIpc) is 2.59. The van der Waals surface area contributed by atoms with Crippen molar-refractivity contribution < 1.29 is 66.0 Å². The van der Waals surface area contributed by atoms with Gasteiger partial charge in [0.2, 0.25) is 0 Å². The summed E-state index contributed by atoms with van der Waals surface area (Å²) >= 11 is 0. The Bertz CT molecular complexity index is 932. The molecule has 0 bridgehead atoms. The van der Waals surface area contributed by atoms with Crippen molar-refractivity contribution in [3.05, 3.63) is 48.0 Å². The van der Waals surface area contributed by atoms with Crippen molar-refractivity contribution in [2.75, 3.05) is 22.9 Å². The second kappa shape index (κ2) is 7.55. The molecule has 1 saturated heterocycles. The van der Waals surface area contributed by atoms with Gasteiger partial charge in [-0.1, -0.05) is 12.2 Å². The van der Waals surface area contributed by atoms with E-state index in [-0.39, 0.29) is 57.3 Å². The molecular weight excluding hydrogens is 369 g/mol. The molecule has 6 nitrogen and oxygen atoms in total. The molecule has 0 atom stereocenters. The molecule has 4 rings (SSSR count). The van der Waals surface area contributed by atoms with E-state index in [1.54, 1.807) is 36.9 Å². The molecule has 2 aliphatic heterocycles. The van der Waals surface area contributed by atoms with E-state index in [0.29, 0.717) is 35.8 Å². The second-order valence-electron chi connectivity index (χ2n) is 7.09. The fourth-order valence-electron chi connectivity index (χ4n) is 3.28. The quantitative estimate of drug-likeness (QED) is 0.614. The first-order valence-corrected chi connectivity index (χ1v) is 8.47. The van der Waals surface area contributed by atoms with Crippen molar-refractivity contribution >= 4 is 23.0 Å². The first kappa shape index (κ1) is 20.3. The molecule has 2 aromatic carbocycles. The van der Waals surface area contributed by atoms with Crippen LogP contribution in [0.4, 0.5) is 17.1 Å². The summed E-state index contributed by atoms with van der Waals surface area (Å²) in [5, 5.41) is 20.5. The maximum atomic E-state index is 13.1. The number of ether oxygens (including phenoxy) is 1. The van der Waals surface area contributed by atoms with E-state index in [2.05, 4.69) is 6.07 Å². The average molecular weight is 387 g/mol. The Morgan fingerprint density at radius 3 is 2.56 bits per heavy atom. The third-order valence-electron chi connectivity index (χ3n) is 4.71. The van der Waals surface area contributed by atoms with E-state index in [1.807, 2.05) is 29.2 Å². The molecule has 132 valence electrons. The van der Waals surface area contributed by atoms with Crippen LogP contribution in [-0.4, -0.2) is 30.7 Å². The Labute approximate surface area is 200 Å². The summed E-state index contributed by atoms with van der Waals surface area (Å²) in [4.78, 5) is 16.7. The Morgan fingerprint density at radius 2 is 1.89 bits per heavy atom. The third kappa shape index (κ3) is 3.66. The molecule has 0 radical (unpaired) electrons. The second-order valence-corrected chi connectivity index (χ2v) is 7.09. The molecule has 2 heterocycles. The fraction of sp³-hybridized carbons (Fsp3) is 0.300. The Morgan fingerprint density at radius 1 is 1.19 bits per heavy atom. The summed E-state index contributed by atoms with van der Waals surface area (Å²) < 4.78 is 5.86. The zero-order valence-corrected chi connectivity index (χ0v) is 18.7. The van der Waals surface area contributed by atoms with Gasteiger partial charge in [0, 0.05) is 24.8 Å². The number of hydrogen-bond donors (Lipinski definition) is 0. The normalized spacial score (nSPS) is 17.9. The number of rotatable bonds is 2. The number of nitriles is 1. The number of nitrogens with zero attached hydrogens (tertiary/aromatic N) is 3. The Balaban J connectivity index is 0.00000210. The molecular formula is C20H18KN3O3. The van der Waals surface area contributed by atoms with Crippen LogP contribution in [0.25, 0.3) is 0 Å². The van der Waals surface area contributed by atoms with Crippen LogP contribution in [-0.2, 0) is 4.79 Å². The molecule has 1 amide bonds. The van der Waals surface area contributed by atoms with Crippen molar-refractivity contribution in [1.82, 2.24) is 0 Å². The predicted molar refractivity (Wildman–Crippen MR) is 95.5 cm³/mol. The summed E-state index contributed by atoms with van der Waals surface area (Å²) in [7, 11) is 0. The smallest absolute Gasteiger partial charge is 0.849 e. The van der Waals surface area contributed by atoms with Crippen LogP contribution in [0.1, 0.15) is 19.4 Å². The summed E-state index contributed by atoms with van der Waals surface area (Å²) in [5.74, 6) is 0.319.